The second kappa shape index (κ2) is 7.09. The monoisotopic (exact) mass is 302 g/mol. The summed E-state index contributed by atoms with van der Waals surface area (Å²) in [6, 6.07) is 8.88. The summed E-state index contributed by atoms with van der Waals surface area (Å²) in [5, 5.41) is 9.75. The first-order chi connectivity index (χ1) is 10.4. The largest absolute Gasteiger partial charge is 0.491 e. The van der Waals surface area contributed by atoms with Crippen LogP contribution in [0.4, 0.5) is 5.82 Å². The fourth-order valence-corrected chi connectivity index (χ4v) is 1.99. The molecular formula is C16H22N4O2. The molecule has 2 rings (SSSR count). The first-order valence-corrected chi connectivity index (χ1v) is 7.21. The smallest absolute Gasteiger partial charge is 0.256 e. The van der Waals surface area contributed by atoms with Crippen molar-refractivity contribution in [1.29, 1.82) is 0 Å². The fraction of sp³-hybridized carbons (Fsp3) is 0.375. The van der Waals surface area contributed by atoms with Crippen molar-refractivity contribution in [2.45, 2.75) is 26.5 Å². The Morgan fingerprint density at radius 3 is 2.59 bits per heavy atom. The first-order valence-electron chi connectivity index (χ1n) is 7.21. The van der Waals surface area contributed by atoms with Crippen molar-refractivity contribution in [2.24, 2.45) is 0 Å². The summed E-state index contributed by atoms with van der Waals surface area (Å²) in [5.74, 6) is 1.07. The van der Waals surface area contributed by atoms with Crippen molar-refractivity contribution >= 4 is 11.7 Å². The van der Waals surface area contributed by atoms with Gasteiger partial charge in [0.05, 0.1) is 11.8 Å². The summed E-state index contributed by atoms with van der Waals surface area (Å²) >= 11 is 0. The number of H-pyrrole nitrogens is 1. The Morgan fingerprint density at radius 1 is 1.32 bits per heavy atom. The van der Waals surface area contributed by atoms with Gasteiger partial charge in [0.25, 0.3) is 5.91 Å². The van der Waals surface area contributed by atoms with Gasteiger partial charge in [-0.25, -0.2) is 0 Å². The van der Waals surface area contributed by atoms with Crippen LogP contribution in [0.5, 0.6) is 5.75 Å². The summed E-state index contributed by atoms with van der Waals surface area (Å²) in [6.45, 7) is 4.66. The molecule has 0 bridgehead atoms. The van der Waals surface area contributed by atoms with Gasteiger partial charge in [0.15, 0.2) is 5.82 Å². The van der Waals surface area contributed by atoms with E-state index < -0.39 is 0 Å². The molecule has 118 valence electrons. The van der Waals surface area contributed by atoms with Crippen LogP contribution in [0.3, 0.4) is 0 Å². The van der Waals surface area contributed by atoms with E-state index in [2.05, 4.69) is 15.5 Å². The van der Waals surface area contributed by atoms with Crippen molar-refractivity contribution < 1.29 is 9.53 Å². The normalized spacial score (nSPS) is 11.0. The molecular weight excluding hydrogens is 280 g/mol. The number of hydrogen-bond donors (Lipinski definition) is 2. The number of ether oxygens (including phenoxy) is 1. The number of carbonyl (C=O) groups excluding carboxylic acids is 1. The number of aromatic nitrogens is 2. The van der Waals surface area contributed by atoms with Crippen molar-refractivity contribution in [2.75, 3.05) is 19.4 Å². The van der Waals surface area contributed by atoms with E-state index in [0.717, 1.165) is 18.0 Å². The maximum atomic E-state index is 12.2. The van der Waals surface area contributed by atoms with E-state index in [1.165, 1.54) is 0 Å². The molecule has 22 heavy (non-hydrogen) atoms. The van der Waals surface area contributed by atoms with Gasteiger partial charge in [-0.2, -0.15) is 5.10 Å². The van der Waals surface area contributed by atoms with E-state index in [-0.39, 0.29) is 12.0 Å². The standard InChI is InChI=1S/C16H22N4O2/c1-11(2)22-14-7-5-12(6-8-14)16(21)17-15-9-13(18-19-15)10-20(3)4/h5-9,11H,10H2,1-4H3,(H2,17,18,19,21). The molecule has 0 saturated heterocycles. The number of hydrogen-bond acceptors (Lipinski definition) is 4. The number of amides is 1. The third kappa shape index (κ3) is 4.60. The Hall–Kier alpha value is -2.34. The summed E-state index contributed by atoms with van der Waals surface area (Å²) in [4.78, 5) is 14.2. The highest BCUT2D eigenvalue weighted by Crippen LogP contribution is 2.15. The highest BCUT2D eigenvalue weighted by Gasteiger charge is 2.09. The molecule has 0 fully saturated rings. The number of benzene rings is 1. The zero-order valence-electron chi connectivity index (χ0n) is 13.4. The molecule has 6 heteroatoms. The lowest BCUT2D eigenvalue weighted by Gasteiger charge is -2.09. The second-order valence-electron chi connectivity index (χ2n) is 5.66. The lowest BCUT2D eigenvalue weighted by molar-refractivity contribution is 0.102. The molecule has 1 aromatic carbocycles. The number of aromatic amines is 1. The van der Waals surface area contributed by atoms with Crippen LogP contribution in [0, 0.1) is 0 Å². The van der Waals surface area contributed by atoms with Crippen LogP contribution in [0.25, 0.3) is 0 Å². The summed E-state index contributed by atoms with van der Waals surface area (Å²) in [5.41, 5.74) is 1.51. The summed E-state index contributed by atoms with van der Waals surface area (Å²) < 4.78 is 5.55. The second-order valence-corrected chi connectivity index (χ2v) is 5.66. The van der Waals surface area contributed by atoms with Gasteiger partial charge in [-0.3, -0.25) is 9.89 Å². The van der Waals surface area contributed by atoms with Crippen molar-refractivity contribution in [3.8, 4) is 5.75 Å². The first kappa shape index (κ1) is 16.0. The van der Waals surface area contributed by atoms with E-state index >= 15 is 0 Å². The average molecular weight is 302 g/mol. The van der Waals surface area contributed by atoms with Crippen LogP contribution in [-0.2, 0) is 6.54 Å². The van der Waals surface area contributed by atoms with Gasteiger partial charge in [0.1, 0.15) is 5.75 Å². The van der Waals surface area contributed by atoms with E-state index in [1.54, 1.807) is 24.3 Å². The molecule has 0 aliphatic heterocycles. The lowest BCUT2D eigenvalue weighted by Crippen LogP contribution is -2.12. The van der Waals surface area contributed by atoms with Gasteiger partial charge < -0.3 is 15.0 Å². The Labute approximate surface area is 130 Å². The molecule has 0 atom stereocenters. The van der Waals surface area contributed by atoms with Gasteiger partial charge in [-0.15, -0.1) is 0 Å². The van der Waals surface area contributed by atoms with E-state index in [4.69, 9.17) is 4.74 Å². The molecule has 0 saturated carbocycles. The Balaban J connectivity index is 1.98. The van der Waals surface area contributed by atoms with E-state index in [1.807, 2.05) is 38.9 Å². The average Bonchev–Trinajstić information content (AvgIpc) is 2.85. The lowest BCUT2D eigenvalue weighted by atomic mass is 10.2. The number of nitrogens with one attached hydrogen (secondary N) is 2. The zero-order chi connectivity index (χ0) is 16.1. The van der Waals surface area contributed by atoms with Crippen LogP contribution < -0.4 is 10.1 Å². The number of anilines is 1. The minimum atomic E-state index is -0.195. The summed E-state index contributed by atoms with van der Waals surface area (Å²) in [6.07, 6.45) is 0.110. The molecule has 2 N–H and O–H groups in total. The zero-order valence-corrected chi connectivity index (χ0v) is 13.4. The molecule has 1 aromatic heterocycles. The maximum Gasteiger partial charge on any atom is 0.256 e. The minimum Gasteiger partial charge on any atom is -0.491 e. The molecule has 0 unspecified atom stereocenters. The molecule has 0 aliphatic rings. The summed E-state index contributed by atoms with van der Waals surface area (Å²) in [7, 11) is 3.94. The van der Waals surface area contributed by atoms with Crippen molar-refractivity contribution in [3.63, 3.8) is 0 Å². The third-order valence-corrected chi connectivity index (χ3v) is 2.85. The van der Waals surface area contributed by atoms with Crippen LogP contribution in [-0.4, -0.2) is 41.2 Å². The van der Waals surface area contributed by atoms with E-state index in [9.17, 15) is 4.79 Å². The molecule has 6 nitrogen and oxygen atoms in total. The minimum absolute atomic E-state index is 0.110. The number of carbonyl (C=O) groups is 1. The van der Waals surface area contributed by atoms with Gasteiger partial charge in [0, 0.05) is 18.2 Å². The quantitative estimate of drug-likeness (QED) is 0.860. The molecule has 2 aromatic rings. The molecule has 0 aliphatic carbocycles. The van der Waals surface area contributed by atoms with Crippen molar-refractivity contribution in [3.05, 3.63) is 41.6 Å². The molecule has 1 amide bonds. The van der Waals surface area contributed by atoms with Crippen molar-refractivity contribution in [1.82, 2.24) is 15.1 Å². The van der Waals surface area contributed by atoms with Crippen LogP contribution >= 0.6 is 0 Å². The predicted molar refractivity (Wildman–Crippen MR) is 86.1 cm³/mol. The SMILES string of the molecule is CC(C)Oc1ccc(C(=O)Nc2cc(CN(C)C)[nH]n2)cc1. The number of nitrogens with zero attached hydrogens (tertiary/aromatic N) is 2. The molecule has 0 spiro atoms. The maximum absolute atomic E-state index is 12.2. The van der Waals surface area contributed by atoms with Gasteiger partial charge in [-0.05, 0) is 52.2 Å². The highest BCUT2D eigenvalue weighted by molar-refractivity contribution is 6.03. The highest BCUT2D eigenvalue weighted by atomic mass is 16.5. The molecule has 0 radical (unpaired) electrons. The third-order valence-electron chi connectivity index (χ3n) is 2.85. The van der Waals surface area contributed by atoms with Crippen LogP contribution in [0.2, 0.25) is 0 Å². The predicted octanol–water partition coefficient (Wildman–Crippen LogP) is 2.51. The fourth-order valence-electron chi connectivity index (χ4n) is 1.99. The van der Waals surface area contributed by atoms with E-state index in [0.29, 0.717) is 11.4 Å². The van der Waals surface area contributed by atoms with Crippen LogP contribution in [0.1, 0.15) is 29.9 Å². The van der Waals surface area contributed by atoms with Gasteiger partial charge >= 0.3 is 0 Å². The molecule has 1 heterocycles. The number of rotatable bonds is 6. The van der Waals surface area contributed by atoms with Gasteiger partial charge in [-0.1, -0.05) is 0 Å². The topological polar surface area (TPSA) is 70.2 Å². The Kier molecular flexibility index (Phi) is 5.16. The Morgan fingerprint density at radius 2 is 2.00 bits per heavy atom. The van der Waals surface area contributed by atoms with Crippen LogP contribution in [0.15, 0.2) is 30.3 Å². The van der Waals surface area contributed by atoms with Gasteiger partial charge in [0.2, 0.25) is 0 Å². The Bertz CT molecular complexity index is 617.